The zero-order valence-corrected chi connectivity index (χ0v) is 12.7. The van der Waals surface area contributed by atoms with E-state index in [4.69, 9.17) is 9.47 Å². The molecule has 20 heavy (non-hydrogen) atoms. The largest absolute Gasteiger partial charge is 0.355 e. The molecule has 1 aliphatic rings. The molecule has 1 aliphatic carbocycles. The minimum atomic E-state index is 0.123. The topological polar surface area (TPSA) is 30.5 Å². The van der Waals surface area contributed by atoms with E-state index in [0.29, 0.717) is 6.79 Å². The molecule has 0 spiro atoms. The van der Waals surface area contributed by atoms with Gasteiger partial charge in [-0.3, -0.25) is 0 Å². The van der Waals surface area contributed by atoms with Crippen LogP contribution in [0.3, 0.4) is 0 Å². The molecule has 0 unspecified atom stereocenters. The maximum Gasteiger partial charge on any atom is 0.146 e. The molecule has 2 rings (SSSR count). The van der Waals surface area contributed by atoms with Gasteiger partial charge in [0.25, 0.3) is 0 Å². The Labute approximate surface area is 122 Å². The summed E-state index contributed by atoms with van der Waals surface area (Å²) >= 11 is 0. The highest BCUT2D eigenvalue weighted by Crippen LogP contribution is 2.28. The highest BCUT2D eigenvalue weighted by molar-refractivity contribution is 5.14. The fourth-order valence-electron chi connectivity index (χ4n) is 2.07. The van der Waals surface area contributed by atoms with Crippen molar-refractivity contribution >= 4 is 0 Å². The van der Waals surface area contributed by atoms with Crippen molar-refractivity contribution in [3.05, 3.63) is 35.9 Å². The number of hydrogen-bond acceptors (Lipinski definition) is 3. The summed E-state index contributed by atoms with van der Waals surface area (Å²) in [4.78, 5) is 0. The third-order valence-corrected chi connectivity index (χ3v) is 3.49. The number of benzene rings is 1. The van der Waals surface area contributed by atoms with Crippen LogP contribution in [0.15, 0.2) is 30.3 Å². The molecule has 1 fully saturated rings. The lowest BCUT2D eigenvalue weighted by molar-refractivity contribution is -0.0789. The van der Waals surface area contributed by atoms with Crippen LogP contribution in [0.2, 0.25) is 0 Å². The van der Waals surface area contributed by atoms with E-state index in [2.05, 4.69) is 43.4 Å². The summed E-state index contributed by atoms with van der Waals surface area (Å²) in [5.74, 6) is 0.805. The van der Waals surface area contributed by atoms with Crippen LogP contribution in [0.5, 0.6) is 0 Å². The summed E-state index contributed by atoms with van der Waals surface area (Å²) in [7, 11) is 0. The lowest BCUT2D eigenvalue weighted by Crippen LogP contribution is -2.33. The molecule has 1 aromatic rings. The minimum absolute atomic E-state index is 0.123. The van der Waals surface area contributed by atoms with Gasteiger partial charge in [-0.2, -0.15) is 0 Å². The van der Waals surface area contributed by atoms with Crippen LogP contribution >= 0.6 is 0 Å². The highest BCUT2D eigenvalue weighted by Gasteiger charge is 2.21. The van der Waals surface area contributed by atoms with Gasteiger partial charge in [0, 0.05) is 18.5 Å². The number of nitrogens with one attached hydrogen (secondary N) is 1. The van der Waals surface area contributed by atoms with Gasteiger partial charge in [-0.15, -0.1) is 0 Å². The van der Waals surface area contributed by atoms with Crippen molar-refractivity contribution < 1.29 is 9.47 Å². The van der Waals surface area contributed by atoms with Crippen LogP contribution in [0, 0.1) is 11.3 Å². The fourth-order valence-corrected chi connectivity index (χ4v) is 2.07. The molecule has 1 aromatic carbocycles. The third-order valence-electron chi connectivity index (χ3n) is 3.49. The molecule has 0 amide bonds. The van der Waals surface area contributed by atoms with Gasteiger partial charge in [0.15, 0.2) is 0 Å². The van der Waals surface area contributed by atoms with E-state index in [9.17, 15) is 0 Å². The first-order valence-electron chi connectivity index (χ1n) is 7.56. The molecule has 1 N–H and O–H groups in total. The van der Waals surface area contributed by atoms with Crippen LogP contribution in [-0.2, 0) is 16.0 Å². The van der Waals surface area contributed by atoms with Crippen molar-refractivity contribution in [3.8, 4) is 0 Å². The molecule has 3 heteroatoms. The zero-order chi connectivity index (χ0) is 14.3. The molecule has 0 atom stereocenters. The molecule has 0 heterocycles. The third kappa shape index (κ3) is 6.51. The summed E-state index contributed by atoms with van der Waals surface area (Å²) in [6.45, 7) is 8.29. The van der Waals surface area contributed by atoms with E-state index in [-0.39, 0.29) is 5.41 Å². The standard InChI is InChI=1S/C17H27NO2/c1-17(2,13-20-14-19-11-16-8-9-16)12-18-10-15-6-4-3-5-7-15/h3-7,16,18H,8-14H2,1-2H3. The Morgan fingerprint density at radius 1 is 1.15 bits per heavy atom. The van der Waals surface area contributed by atoms with Gasteiger partial charge in [0.05, 0.1) is 13.2 Å². The smallest absolute Gasteiger partial charge is 0.146 e. The van der Waals surface area contributed by atoms with Crippen LogP contribution in [-0.4, -0.2) is 26.6 Å². The Hall–Kier alpha value is -0.900. The predicted octanol–water partition coefficient (Wildman–Crippen LogP) is 3.20. The van der Waals surface area contributed by atoms with Gasteiger partial charge < -0.3 is 14.8 Å². The molecular formula is C17H27NO2. The summed E-state index contributed by atoms with van der Waals surface area (Å²) in [6, 6.07) is 10.5. The zero-order valence-electron chi connectivity index (χ0n) is 12.7. The Morgan fingerprint density at radius 2 is 1.90 bits per heavy atom. The van der Waals surface area contributed by atoms with E-state index < -0.39 is 0 Å². The molecule has 112 valence electrons. The van der Waals surface area contributed by atoms with Gasteiger partial charge in [-0.05, 0) is 24.3 Å². The van der Waals surface area contributed by atoms with Crippen molar-refractivity contribution in [1.82, 2.24) is 5.32 Å². The second-order valence-corrected chi connectivity index (χ2v) is 6.53. The molecule has 0 saturated heterocycles. The van der Waals surface area contributed by atoms with Crippen LogP contribution in [0.1, 0.15) is 32.3 Å². The van der Waals surface area contributed by atoms with E-state index in [1.54, 1.807) is 0 Å². The Balaban J connectivity index is 1.53. The molecule has 3 nitrogen and oxygen atoms in total. The lowest BCUT2D eigenvalue weighted by Gasteiger charge is -2.25. The number of hydrogen-bond donors (Lipinski definition) is 1. The number of ether oxygens (including phenoxy) is 2. The van der Waals surface area contributed by atoms with Gasteiger partial charge in [0.1, 0.15) is 6.79 Å². The van der Waals surface area contributed by atoms with Gasteiger partial charge in [-0.25, -0.2) is 0 Å². The molecule has 1 saturated carbocycles. The first kappa shape index (κ1) is 15.5. The second-order valence-electron chi connectivity index (χ2n) is 6.53. The maximum atomic E-state index is 5.62. The van der Waals surface area contributed by atoms with E-state index in [0.717, 1.165) is 32.2 Å². The average Bonchev–Trinajstić information content (AvgIpc) is 3.23. The van der Waals surface area contributed by atoms with Crippen LogP contribution in [0.4, 0.5) is 0 Å². The summed E-state index contributed by atoms with van der Waals surface area (Å²) < 4.78 is 11.1. The Bertz CT molecular complexity index is 374. The van der Waals surface area contributed by atoms with Crippen LogP contribution < -0.4 is 5.32 Å². The normalized spacial score (nSPS) is 15.5. The van der Waals surface area contributed by atoms with Crippen LogP contribution in [0.25, 0.3) is 0 Å². The summed E-state index contributed by atoms with van der Waals surface area (Å²) in [6.07, 6.45) is 2.66. The van der Waals surface area contributed by atoms with E-state index >= 15 is 0 Å². The van der Waals surface area contributed by atoms with Crippen molar-refractivity contribution in [2.45, 2.75) is 33.2 Å². The molecule has 0 bridgehead atoms. The van der Waals surface area contributed by atoms with Gasteiger partial charge in [0.2, 0.25) is 0 Å². The van der Waals surface area contributed by atoms with Crippen molar-refractivity contribution in [2.75, 3.05) is 26.6 Å². The summed E-state index contributed by atoms with van der Waals surface area (Å²) in [5, 5.41) is 3.49. The molecular weight excluding hydrogens is 250 g/mol. The lowest BCUT2D eigenvalue weighted by atomic mass is 9.95. The first-order chi connectivity index (χ1) is 9.66. The average molecular weight is 277 g/mol. The first-order valence-corrected chi connectivity index (χ1v) is 7.56. The van der Waals surface area contributed by atoms with Gasteiger partial charge in [-0.1, -0.05) is 44.2 Å². The second kappa shape index (κ2) is 7.77. The fraction of sp³-hybridized carbons (Fsp3) is 0.647. The Kier molecular flexibility index (Phi) is 6.02. The summed E-state index contributed by atoms with van der Waals surface area (Å²) in [5.41, 5.74) is 1.44. The minimum Gasteiger partial charge on any atom is -0.355 e. The highest BCUT2D eigenvalue weighted by atomic mass is 16.7. The maximum absolute atomic E-state index is 5.62. The molecule has 0 aromatic heterocycles. The Morgan fingerprint density at radius 3 is 2.60 bits per heavy atom. The molecule has 0 aliphatic heterocycles. The SMILES string of the molecule is CC(C)(CNCc1ccccc1)COCOCC1CC1. The van der Waals surface area contributed by atoms with Gasteiger partial charge >= 0.3 is 0 Å². The van der Waals surface area contributed by atoms with Crippen molar-refractivity contribution in [2.24, 2.45) is 11.3 Å². The van der Waals surface area contributed by atoms with E-state index in [1.165, 1.54) is 18.4 Å². The van der Waals surface area contributed by atoms with Crippen molar-refractivity contribution in [3.63, 3.8) is 0 Å². The van der Waals surface area contributed by atoms with E-state index in [1.807, 2.05) is 6.07 Å². The quantitative estimate of drug-likeness (QED) is 0.526. The predicted molar refractivity (Wildman–Crippen MR) is 81.4 cm³/mol. The number of rotatable bonds is 10. The van der Waals surface area contributed by atoms with Crippen molar-refractivity contribution in [1.29, 1.82) is 0 Å². The molecule has 0 radical (unpaired) electrons. The monoisotopic (exact) mass is 277 g/mol.